The third kappa shape index (κ3) is 2.26. The van der Waals surface area contributed by atoms with Crippen LogP contribution in [-0.2, 0) is 12.8 Å². The van der Waals surface area contributed by atoms with Gasteiger partial charge >= 0.3 is 0 Å². The second-order valence-corrected chi connectivity index (χ2v) is 6.16. The van der Waals surface area contributed by atoms with Crippen LogP contribution in [0.15, 0.2) is 29.7 Å². The Morgan fingerprint density at radius 2 is 2.23 bits per heavy atom. The first kappa shape index (κ1) is 13.7. The van der Waals surface area contributed by atoms with Crippen LogP contribution in [0.5, 0.6) is 11.5 Å². The summed E-state index contributed by atoms with van der Waals surface area (Å²) in [6, 6.07) is 3.84. The molecule has 1 aliphatic rings. The number of aromatic nitrogens is 4. The Morgan fingerprint density at radius 1 is 1.32 bits per heavy atom. The number of rotatable bonds is 3. The Morgan fingerprint density at radius 3 is 3.14 bits per heavy atom. The maximum absolute atomic E-state index is 6.20. The van der Waals surface area contributed by atoms with Crippen molar-refractivity contribution >= 4 is 34.4 Å². The number of ether oxygens (including phenoxy) is 2. The van der Waals surface area contributed by atoms with Crippen molar-refractivity contribution in [1.82, 2.24) is 19.7 Å². The average Bonchev–Trinajstić information content (AvgIpc) is 3.13. The molecule has 0 unspecified atom stereocenters. The number of thioether (sulfide) groups is 1. The molecule has 3 heterocycles. The molecule has 0 radical (unpaired) electrons. The van der Waals surface area contributed by atoms with Gasteiger partial charge in [-0.15, -0.1) is 11.8 Å². The molecule has 112 valence electrons. The summed E-state index contributed by atoms with van der Waals surface area (Å²) in [7, 11) is 1.86. The maximum atomic E-state index is 6.20. The van der Waals surface area contributed by atoms with E-state index < -0.39 is 0 Å². The lowest BCUT2D eigenvalue weighted by molar-refractivity contribution is 0.174. The van der Waals surface area contributed by atoms with Gasteiger partial charge in [-0.05, 0) is 17.7 Å². The zero-order chi connectivity index (χ0) is 15.1. The molecule has 1 aliphatic heterocycles. The van der Waals surface area contributed by atoms with Crippen molar-refractivity contribution in [3.63, 3.8) is 0 Å². The molecular formula is C14H11ClN4O2S. The zero-order valence-electron chi connectivity index (χ0n) is 11.6. The fraction of sp³-hybridized carbons (Fsp3) is 0.214. The number of aryl methyl sites for hydroxylation is 1. The highest BCUT2D eigenvalue weighted by atomic mass is 35.5. The van der Waals surface area contributed by atoms with Gasteiger partial charge in [0.15, 0.2) is 17.1 Å². The third-order valence-electron chi connectivity index (χ3n) is 3.36. The normalized spacial score (nSPS) is 13.0. The standard InChI is InChI=1S/C14H11ClN4O2S/c1-19-13-9(4-18-19)14(17-6-16-13)22-5-8-2-10(15)12-11(3-8)20-7-21-12/h2-4,6H,5,7H2,1H3. The Labute approximate surface area is 135 Å². The quantitative estimate of drug-likeness (QED) is 0.542. The average molecular weight is 335 g/mol. The molecule has 22 heavy (non-hydrogen) atoms. The van der Waals surface area contributed by atoms with Gasteiger partial charge in [-0.25, -0.2) is 9.97 Å². The molecular weight excluding hydrogens is 324 g/mol. The predicted octanol–water partition coefficient (Wildman–Crippen LogP) is 3.04. The van der Waals surface area contributed by atoms with Gasteiger partial charge in [-0.2, -0.15) is 5.10 Å². The van der Waals surface area contributed by atoms with E-state index in [9.17, 15) is 0 Å². The van der Waals surface area contributed by atoms with Crippen LogP contribution < -0.4 is 9.47 Å². The van der Waals surface area contributed by atoms with Crippen LogP contribution in [0, 0.1) is 0 Å². The smallest absolute Gasteiger partial charge is 0.231 e. The first-order valence-corrected chi connectivity index (χ1v) is 7.92. The van der Waals surface area contributed by atoms with E-state index in [2.05, 4.69) is 15.1 Å². The molecule has 0 N–H and O–H groups in total. The minimum Gasteiger partial charge on any atom is -0.454 e. The summed E-state index contributed by atoms with van der Waals surface area (Å²) in [6.45, 7) is 0.216. The number of nitrogens with zero attached hydrogens (tertiary/aromatic N) is 4. The Kier molecular flexibility index (Phi) is 3.31. The van der Waals surface area contributed by atoms with Crippen molar-refractivity contribution in [2.75, 3.05) is 6.79 Å². The van der Waals surface area contributed by atoms with E-state index in [-0.39, 0.29) is 6.79 Å². The van der Waals surface area contributed by atoms with Crippen molar-refractivity contribution in [2.24, 2.45) is 7.05 Å². The molecule has 0 bridgehead atoms. The van der Waals surface area contributed by atoms with Gasteiger partial charge in [0.05, 0.1) is 16.6 Å². The summed E-state index contributed by atoms with van der Waals surface area (Å²) in [5, 5.41) is 6.63. The van der Waals surface area contributed by atoms with Gasteiger partial charge in [0.1, 0.15) is 11.4 Å². The zero-order valence-corrected chi connectivity index (χ0v) is 13.2. The summed E-state index contributed by atoms with van der Waals surface area (Å²) in [5.41, 5.74) is 1.87. The number of fused-ring (bicyclic) bond motifs is 2. The first-order valence-electron chi connectivity index (χ1n) is 6.56. The molecule has 0 amide bonds. The van der Waals surface area contributed by atoms with Crippen molar-refractivity contribution < 1.29 is 9.47 Å². The number of hydrogen-bond donors (Lipinski definition) is 0. The van der Waals surface area contributed by atoms with Crippen LogP contribution in [0.1, 0.15) is 5.56 Å². The summed E-state index contributed by atoms with van der Waals surface area (Å²) in [5.74, 6) is 2.03. The monoisotopic (exact) mass is 334 g/mol. The lowest BCUT2D eigenvalue weighted by atomic mass is 10.2. The molecule has 2 aromatic heterocycles. The summed E-state index contributed by atoms with van der Waals surface area (Å²) in [4.78, 5) is 8.58. The summed E-state index contributed by atoms with van der Waals surface area (Å²) < 4.78 is 12.4. The predicted molar refractivity (Wildman–Crippen MR) is 83.4 cm³/mol. The van der Waals surface area contributed by atoms with Crippen LogP contribution in [-0.4, -0.2) is 26.5 Å². The van der Waals surface area contributed by atoms with Gasteiger partial charge in [0.25, 0.3) is 0 Å². The van der Waals surface area contributed by atoms with E-state index in [0.717, 1.165) is 27.4 Å². The minimum atomic E-state index is 0.216. The lowest BCUT2D eigenvalue weighted by Crippen LogP contribution is -1.93. The molecule has 3 aromatic rings. The van der Waals surface area contributed by atoms with Crippen LogP contribution in [0.2, 0.25) is 5.02 Å². The molecule has 0 spiro atoms. The minimum absolute atomic E-state index is 0.216. The van der Waals surface area contributed by atoms with E-state index >= 15 is 0 Å². The van der Waals surface area contributed by atoms with E-state index in [1.807, 2.05) is 19.2 Å². The fourth-order valence-corrected chi connectivity index (χ4v) is 3.49. The van der Waals surface area contributed by atoms with E-state index in [1.165, 1.54) is 0 Å². The van der Waals surface area contributed by atoms with E-state index in [1.54, 1.807) is 29.0 Å². The second-order valence-electron chi connectivity index (χ2n) is 4.78. The lowest BCUT2D eigenvalue weighted by Gasteiger charge is -2.05. The van der Waals surface area contributed by atoms with Crippen LogP contribution in [0.25, 0.3) is 11.0 Å². The Balaban J connectivity index is 1.61. The maximum Gasteiger partial charge on any atom is 0.231 e. The van der Waals surface area contributed by atoms with Crippen molar-refractivity contribution in [2.45, 2.75) is 10.8 Å². The number of hydrogen-bond acceptors (Lipinski definition) is 6. The molecule has 6 nitrogen and oxygen atoms in total. The number of benzene rings is 1. The van der Waals surface area contributed by atoms with Crippen molar-refractivity contribution in [3.05, 3.63) is 35.2 Å². The van der Waals surface area contributed by atoms with Gasteiger partial charge < -0.3 is 9.47 Å². The van der Waals surface area contributed by atoms with Gasteiger partial charge in [0, 0.05) is 12.8 Å². The molecule has 1 aromatic carbocycles. The Bertz CT molecular complexity index is 867. The van der Waals surface area contributed by atoms with Gasteiger partial charge in [-0.1, -0.05) is 11.6 Å². The van der Waals surface area contributed by atoms with Crippen LogP contribution in [0.3, 0.4) is 0 Å². The van der Waals surface area contributed by atoms with Crippen LogP contribution >= 0.6 is 23.4 Å². The van der Waals surface area contributed by atoms with E-state index in [0.29, 0.717) is 16.5 Å². The highest BCUT2D eigenvalue weighted by Crippen LogP contribution is 2.41. The highest BCUT2D eigenvalue weighted by molar-refractivity contribution is 7.98. The van der Waals surface area contributed by atoms with Crippen molar-refractivity contribution in [1.29, 1.82) is 0 Å². The molecule has 4 rings (SSSR count). The van der Waals surface area contributed by atoms with Crippen molar-refractivity contribution in [3.8, 4) is 11.5 Å². The third-order valence-corrected chi connectivity index (χ3v) is 4.71. The molecule has 0 saturated carbocycles. The molecule has 0 atom stereocenters. The molecule has 0 saturated heterocycles. The van der Waals surface area contributed by atoms with Gasteiger partial charge in [-0.3, -0.25) is 4.68 Å². The van der Waals surface area contributed by atoms with Gasteiger partial charge in [0.2, 0.25) is 6.79 Å². The molecule has 0 fully saturated rings. The summed E-state index contributed by atoms with van der Waals surface area (Å²) in [6.07, 6.45) is 3.34. The van der Waals surface area contributed by atoms with Crippen LogP contribution in [0.4, 0.5) is 0 Å². The Hall–Kier alpha value is -1.99. The number of halogens is 1. The SMILES string of the molecule is Cn1ncc2c(SCc3cc(Cl)c4c(c3)OCO4)ncnc21. The fourth-order valence-electron chi connectivity index (χ4n) is 2.31. The first-order chi connectivity index (χ1) is 10.7. The summed E-state index contributed by atoms with van der Waals surface area (Å²) >= 11 is 7.81. The highest BCUT2D eigenvalue weighted by Gasteiger charge is 2.18. The largest absolute Gasteiger partial charge is 0.454 e. The topological polar surface area (TPSA) is 62.1 Å². The molecule has 0 aliphatic carbocycles. The second kappa shape index (κ2) is 5.33. The molecule has 8 heteroatoms. The van der Waals surface area contributed by atoms with E-state index in [4.69, 9.17) is 21.1 Å².